The van der Waals surface area contributed by atoms with Gasteiger partial charge in [0.15, 0.2) is 16.3 Å². The Labute approximate surface area is 260 Å². The lowest BCUT2D eigenvalue weighted by molar-refractivity contribution is -0.139. The van der Waals surface area contributed by atoms with Crippen LogP contribution < -0.4 is 24.4 Å². The second-order valence-corrected chi connectivity index (χ2v) is 11.5. The number of nitrogens with zero attached hydrogens (tertiary/aromatic N) is 2. The summed E-state index contributed by atoms with van der Waals surface area (Å²) in [5, 5.41) is 1.29. The Morgan fingerprint density at radius 2 is 1.83 bits per heavy atom. The Bertz CT molecular complexity index is 1900. The molecular weight excluding hydrogens is 619 g/mol. The number of ether oxygens (including phenoxy) is 3. The van der Waals surface area contributed by atoms with Gasteiger partial charge in [-0.3, -0.25) is 9.36 Å². The highest BCUT2D eigenvalue weighted by atomic mass is 35.5. The highest BCUT2D eigenvalue weighted by Crippen LogP contribution is 2.35. The van der Waals surface area contributed by atoms with Crippen LogP contribution in [0.2, 0.25) is 15.1 Å². The van der Waals surface area contributed by atoms with Crippen LogP contribution in [0, 0.1) is 0 Å². The second-order valence-electron chi connectivity index (χ2n) is 9.24. The number of halogens is 3. The van der Waals surface area contributed by atoms with Crippen LogP contribution in [-0.4, -0.2) is 24.3 Å². The SMILES string of the molecule is CCOC(=O)C1=C(C)N=c2s/c(=C\c3cccc(OC)c3OCc3ccc(Cl)c(Cl)c3)c(=O)n2[C@H]1c1ccccc1Cl. The minimum atomic E-state index is -0.813. The van der Waals surface area contributed by atoms with E-state index in [1.54, 1.807) is 63.4 Å². The summed E-state index contributed by atoms with van der Waals surface area (Å²) in [6, 6.07) is 17.0. The van der Waals surface area contributed by atoms with E-state index in [2.05, 4.69) is 4.99 Å². The van der Waals surface area contributed by atoms with Crippen LogP contribution >= 0.6 is 46.1 Å². The number of esters is 1. The average Bonchev–Trinajstić information content (AvgIpc) is 3.27. The van der Waals surface area contributed by atoms with Crippen molar-refractivity contribution in [3.8, 4) is 11.5 Å². The number of hydrogen-bond donors (Lipinski definition) is 0. The summed E-state index contributed by atoms with van der Waals surface area (Å²) in [4.78, 5) is 32.2. The lowest BCUT2D eigenvalue weighted by Crippen LogP contribution is -2.40. The van der Waals surface area contributed by atoms with Crippen LogP contribution in [0.1, 0.15) is 36.6 Å². The number of carbonyl (C=O) groups is 1. The third kappa shape index (κ3) is 5.85. The number of carbonyl (C=O) groups excluding carboxylic acids is 1. The topological polar surface area (TPSA) is 79.1 Å². The summed E-state index contributed by atoms with van der Waals surface area (Å²) in [7, 11) is 1.54. The van der Waals surface area contributed by atoms with Gasteiger partial charge in [0.2, 0.25) is 0 Å². The lowest BCUT2D eigenvalue weighted by atomic mass is 9.96. The molecule has 3 aromatic carbocycles. The van der Waals surface area contributed by atoms with Gasteiger partial charge in [-0.15, -0.1) is 0 Å². The van der Waals surface area contributed by atoms with E-state index in [-0.39, 0.29) is 24.3 Å². The van der Waals surface area contributed by atoms with E-state index in [0.29, 0.717) is 52.7 Å². The molecule has 0 spiro atoms. The molecule has 42 heavy (non-hydrogen) atoms. The van der Waals surface area contributed by atoms with Gasteiger partial charge in [0.25, 0.3) is 5.56 Å². The maximum Gasteiger partial charge on any atom is 0.338 e. The molecule has 0 saturated heterocycles. The van der Waals surface area contributed by atoms with Crippen LogP contribution in [0.4, 0.5) is 0 Å². The van der Waals surface area contributed by atoms with Crippen molar-refractivity contribution in [3.63, 3.8) is 0 Å². The Morgan fingerprint density at radius 1 is 1.05 bits per heavy atom. The molecule has 11 heteroatoms. The van der Waals surface area contributed by atoms with Crippen LogP contribution in [0.5, 0.6) is 11.5 Å². The smallest absolute Gasteiger partial charge is 0.338 e. The van der Waals surface area contributed by atoms with Crippen LogP contribution in [0.25, 0.3) is 6.08 Å². The van der Waals surface area contributed by atoms with Crippen molar-refractivity contribution < 1.29 is 19.0 Å². The number of para-hydroxylation sites is 1. The summed E-state index contributed by atoms with van der Waals surface area (Å²) in [6.45, 7) is 3.82. The van der Waals surface area contributed by atoms with Crippen molar-refractivity contribution in [1.29, 1.82) is 0 Å². The van der Waals surface area contributed by atoms with Crippen molar-refractivity contribution in [1.82, 2.24) is 4.57 Å². The Balaban J connectivity index is 1.64. The second kappa shape index (κ2) is 12.8. The lowest BCUT2D eigenvalue weighted by Gasteiger charge is -2.25. The van der Waals surface area contributed by atoms with Gasteiger partial charge >= 0.3 is 5.97 Å². The zero-order valence-corrected chi connectivity index (χ0v) is 25.9. The standard InChI is InChI=1S/C31H25Cl3N2O5S/c1-4-40-30(38)26-17(2)35-31-36(27(26)20-9-5-6-10-21(20)32)29(37)25(42-31)15-19-8-7-11-24(39-3)28(19)41-16-18-12-13-22(33)23(34)14-18/h5-15,27H,4,16H2,1-3H3/b25-15-/t27-/m0/s1. The number of benzene rings is 3. The van der Waals surface area contributed by atoms with Gasteiger partial charge in [-0.1, -0.05) is 82.5 Å². The third-order valence-corrected chi connectivity index (χ3v) is 8.67. The number of aromatic nitrogens is 1. The fourth-order valence-electron chi connectivity index (χ4n) is 4.67. The van der Waals surface area contributed by atoms with Gasteiger partial charge in [0.1, 0.15) is 12.6 Å². The van der Waals surface area contributed by atoms with Gasteiger partial charge in [-0.25, -0.2) is 9.79 Å². The normalized spacial score (nSPS) is 14.8. The van der Waals surface area contributed by atoms with E-state index < -0.39 is 12.0 Å². The summed E-state index contributed by atoms with van der Waals surface area (Å²) in [5.41, 5.74) is 2.40. The molecule has 0 amide bonds. The van der Waals surface area contributed by atoms with Gasteiger partial charge in [0.05, 0.1) is 39.6 Å². The first kappa shape index (κ1) is 29.9. The maximum absolute atomic E-state index is 14.0. The molecule has 0 saturated carbocycles. The molecule has 1 aliphatic heterocycles. The predicted molar refractivity (Wildman–Crippen MR) is 166 cm³/mol. The van der Waals surface area contributed by atoms with Crippen molar-refractivity contribution in [2.45, 2.75) is 26.5 Å². The zero-order valence-electron chi connectivity index (χ0n) is 22.8. The molecule has 216 valence electrons. The molecule has 0 radical (unpaired) electrons. The summed E-state index contributed by atoms with van der Waals surface area (Å²) in [5.74, 6) is 0.387. The molecule has 0 aliphatic carbocycles. The minimum absolute atomic E-state index is 0.177. The first-order valence-electron chi connectivity index (χ1n) is 12.9. The third-order valence-electron chi connectivity index (χ3n) is 6.60. The minimum Gasteiger partial charge on any atom is -0.493 e. The number of allylic oxidation sites excluding steroid dienone is 1. The molecule has 2 heterocycles. The molecule has 0 N–H and O–H groups in total. The average molecular weight is 644 g/mol. The van der Waals surface area contributed by atoms with Gasteiger partial charge in [-0.2, -0.15) is 0 Å². The maximum atomic E-state index is 14.0. The quantitative estimate of drug-likeness (QED) is 0.209. The van der Waals surface area contributed by atoms with Crippen LogP contribution in [0.15, 0.2) is 81.7 Å². The number of fused-ring (bicyclic) bond motifs is 1. The van der Waals surface area contributed by atoms with Crippen molar-refractivity contribution >= 4 is 58.2 Å². The molecule has 1 aliphatic rings. The fraction of sp³-hybridized carbons (Fsp3) is 0.194. The highest BCUT2D eigenvalue weighted by Gasteiger charge is 2.34. The summed E-state index contributed by atoms with van der Waals surface area (Å²) in [6.07, 6.45) is 1.73. The van der Waals surface area contributed by atoms with Gasteiger partial charge in [0, 0.05) is 10.6 Å². The molecular formula is C31H25Cl3N2O5S. The summed E-state index contributed by atoms with van der Waals surface area (Å²) < 4.78 is 19.0. The summed E-state index contributed by atoms with van der Waals surface area (Å²) >= 11 is 20.0. The van der Waals surface area contributed by atoms with E-state index in [1.807, 2.05) is 24.3 Å². The Kier molecular flexibility index (Phi) is 9.08. The number of methoxy groups -OCH3 is 1. The molecule has 1 atom stereocenters. The number of rotatable bonds is 8. The van der Waals surface area contributed by atoms with E-state index >= 15 is 0 Å². The molecule has 4 aromatic rings. The molecule has 0 bridgehead atoms. The van der Waals surface area contributed by atoms with Crippen LogP contribution in [0.3, 0.4) is 0 Å². The number of hydrogen-bond acceptors (Lipinski definition) is 7. The van der Waals surface area contributed by atoms with E-state index in [4.69, 9.17) is 49.0 Å². The van der Waals surface area contributed by atoms with E-state index in [0.717, 1.165) is 5.56 Å². The van der Waals surface area contributed by atoms with E-state index in [1.165, 1.54) is 15.9 Å². The first-order valence-corrected chi connectivity index (χ1v) is 14.9. The monoisotopic (exact) mass is 642 g/mol. The van der Waals surface area contributed by atoms with E-state index in [9.17, 15) is 9.59 Å². The van der Waals surface area contributed by atoms with Crippen molar-refractivity contribution in [2.75, 3.05) is 13.7 Å². The Hall–Kier alpha value is -3.56. The molecule has 0 fully saturated rings. The van der Waals surface area contributed by atoms with Crippen LogP contribution in [-0.2, 0) is 16.1 Å². The molecule has 7 nitrogen and oxygen atoms in total. The van der Waals surface area contributed by atoms with Crippen molar-refractivity contribution in [2.24, 2.45) is 4.99 Å². The van der Waals surface area contributed by atoms with Crippen molar-refractivity contribution in [3.05, 3.63) is 123 Å². The molecule has 0 unspecified atom stereocenters. The zero-order chi connectivity index (χ0) is 30.0. The predicted octanol–water partition coefficient (Wildman–Crippen LogP) is 6.35. The molecule has 5 rings (SSSR count). The largest absolute Gasteiger partial charge is 0.493 e. The Morgan fingerprint density at radius 3 is 2.55 bits per heavy atom. The van der Waals surface area contributed by atoms with Gasteiger partial charge in [-0.05, 0) is 55.3 Å². The first-order chi connectivity index (χ1) is 20.2. The molecule has 1 aromatic heterocycles. The highest BCUT2D eigenvalue weighted by molar-refractivity contribution is 7.07. The number of thiazole rings is 1. The fourth-order valence-corrected chi connectivity index (χ4v) is 6.27. The van der Waals surface area contributed by atoms with Gasteiger partial charge < -0.3 is 14.2 Å².